The highest BCUT2D eigenvalue weighted by molar-refractivity contribution is 6.42. The van der Waals surface area contributed by atoms with Crippen molar-refractivity contribution in [1.82, 2.24) is 10.6 Å². The summed E-state index contributed by atoms with van der Waals surface area (Å²) < 4.78 is 0. The fourth-order valence-corrected chi connectivity index (χ4v) is 2.99. The van der Waals surface area contributed by atoms with Crippen molar-refractivity contribution in [2.45, 2.75) is 38.6 Å². The fourth-order valence-electron chi connectivity index (χ4n) is 2.69. The molecule has 22 heavy (non-hydrogen) atoms. The predicted molar refractivity (Wildman–Crippen MR) is 88.4 cm³/mol. The number of carbonyl (C=O) groups excluding carboxylic acids is 2. The summed E-state index contributed by atoms with van der Waals surface area (Å²) in [6, 6.07) is 4.83. The van der Waals surface area contributed by atoms with Gasteiger partial charge in [0.1, 0.15) is 0 Å². The van der Waals surface area contributed by atoms with Crippen LogP contribution in [0, 0.1) is 5.92 Å². The van der Waals surface area contributed by atoms with Gasteiger partial charge < -0.3 is 10.6 Å². The van der Waals surface area contributed by atoms with Crippen molar-refractivity contribution >= 4 is 35.0 Å². The first-order chi connectivity index (χ1) is 10.5. The van der Waals surface area contributed by atoms with E-state index in [9.17, 15) is 9.59 Å². The lowest BCUT2D eigenvalue weighted by Crippen LogP contribution is -2.45. The summed E-state index contributed by atoms with van der Waals surface area (Å²) in [7, 11) is 0. The van der Waals surface area contributed by atoms with Gasteiger partial charge in [0.2, 0.25) is 5.91 Å². The average Bonchev–Trinajstić information content (AvgIpc) is 2.50. The number of benzene rings is 1. The van der Waals surface area contributed by atoms with Gasteiger partial charge in [0.25, 0.3) is 5.91 Å². The molecular weight excluding hydrogens is 323 g/mol. The van der Waals surface area contributed by atoms with E-state index in [0.717, 1.165) is 19.3 Å². The number of hydrogen-bond acceptors (Lipinski definition) is 2. The molecule has 0 aliphatic heterocycles. The molecule has 1 aromatic rings. The fraction of sp³-hybridized carbons (Fsp3) is 0.500. The molecule has 1 fully saturated rings. The van der Waals surface area contributed by atoms with E-state index in [2.05, 4.69) is 17.6 Å². The Kier molecular flexibility index (Phi) is 6.09. The first-order valence-electron chi connectivity index (χ1n) is 7.50. The monoisotopic (exact) mass is 342 g/mol. The van der Waals surface area contributed by atoms with Gasteiger partial charge in [0.15, 0.2) is 0 Å². The highest BCUT2D eigenvalue weighted by Gasteiger charge is 2.22. The molecule has 2 amide bonds. The van der Waals surface area contributed by atoms with Gasteiger partial charge in [-0.2, -0.15) is 0 Å². The van der Waals surface area contributed by atoms with E-state index in [1.54, 1.807) is 12.1 Å². The highest BCUT2D eigenvalue weighted by Crippen LogP contribution is 2.24. The third kappa shape index (κ3) is 4.62. The molecule has 0 unspecified atom stereocenters. The summed E-state index contributed by atoms with van der Waals surface area (Å²) in [4.78, 5) is 23.9. The predicted octanol–water partition coefficient (Wildman–Crippen LogP) is 3.42. The molecular formula is C16H20Cl2N2O2. The van der Waals surface area contributed by atoms with Crippen molar-refractivity contribution in [1.29, 1.82) is 0 Å². The molecule has 1 aliphatic rings. The van der Waals surface area contributed by atoms with Crippen molar-refractivity contribution in [2.75, 3.05) is 6.54 Å². The molecule has 120 valence electrons. The topological polar surface area (TPSA) is 58.2 Å². The van der Waals surface area contributed by atoms with E-state index >= 15 is 0 Å². The van der Waals surface area contributed by atoms with E-state index in [4.69, 9.17) is 23.2 Å². The van der Waals surface area contributed by atoms with Crippen molar-refractivity contribution in [2.24, 2.45) is 5.92 Å². The van der Waals surface area contributed by atoms with Crippen LogP contribution < -0.4 is 10.6 Å². The second-order valence-corrected chi connectivity index (χ2v) is 6.56. The van der Waals surface area contributed by atoms with E-state index in [1.165, 1.54) is 12.5 Å². The van der Waals surface area contributed by atoms with Gasteiger partial charge in [-0.1, -0.05) is 43.0 Å². The first kappa shape index (κ1) is 17.1. The van der Waals surface area contributed by atoms with Gasteiger partial charge in [0.05, 0.1) is 16.6 Å². The van der Waals surface area contributed by atoms with Gasteiger partial charge in [-0.25, -0.2) is 0 Å². The average molecular weight is 343 g/mol. The van der Waals surface area contributed by atoms with Crippen LogP contribution in [0.5, 0.6) is 0 Å². The van der Waals surface area contributed by atoms with E-state index in [1.807, 2.05) is 0 Å². The Morgan fingerprint density at radius 1 is 1.18 bits per heavy atom. The Bertz CT molecular complexity index is 563. The smallest absolute Gasteiger partial charge is 0.251 e. The molecule has 2 rings (SSSR count). The molecule has 0 heterocycles. The minimum Gasteiger partial charge on any atom is -0.352 e. The third-order valence-corrected chi connectivity index (χ3v) is 4.79. The van der Waals surface area contributed by atoms with Crippen LogP contribution in [0.4, 0.5) is 0 Å². The number of nitrogens with one attached hydrogen (secondary N) is 2. The second kappa shape index (κ2) is 7.84. The molecule has 2 atom stereocenters. The zero-order valence-electron chi connectivity index (χ0n) is 12.5. The molecule has 6 heteroatoms. The maximum atomic E-state index is 12.0. The third-order valence-electron chi connectivity index (χ3n) is 4.05. The molecule has 1 aromatic carbocycles. The summed E-state index contributed by atoms with van der Waals surface area (Å²) in [5, 5.41) is 6.30. The molecule has 1 saturated carbocycles. The molecule has 0 bridgehead atoms. The summed E-state index contributed by atoms with van der Waals surface area (Å²) in [5.74, 6) is -0.0129. The molecule has 0 saturated heterocycles. The molecule has 0 radical (unpaired) electrons. The van der Waals surface area contributed by atoms with Crippen LogP contribution >= 0.6 is 23.2 Å². The lowest BCUT2D eigenvalue weighted by atomic mass is 9.86. The summed E-state index contributed by atoms with van der Waals surface area (Å²) in [6.07, 6.45) is 4.51. The van der Waals surface area contributed by atoms with Crippen molar-refractivity contribution in [3.8, 4) is 0 Å². The number of carbonyl (C=O) groups is 2. The minimum absolute atomic E-state index is 0.0394. The van der Waals surface area contributed by atoms with Crippen LogP contribution in [0.25, 0.3) is 0 Å². The molecule has 0 aromatic heterocycles. The maximum Gasteiger partial charge on any atom is 0.251 e. The number of hydrogen-bond donors (Lipinski definition) is 2. The summed E-state index contributed by atoms with van der Waals surface area (Å²) >= 11 is 11.7. The van der Waals surface area contributed by atoms with E-state index in [-0.39, 0.29) is 24.4 Å². The van der Waals surface area contributed by atoms with Crippen molar-refractivity contribution in [3.63, 3.8) is 0 Å². The summed E-state index contributed by atoms with van der Waals surface area (Å²) in [5.41, 5.74) is 0.383. The SMILES string of the molecule is C[C@H]1CCCC[C@@H]1NC(=O)CNC(=O)c1ccc(Cl)c(Cl)c1. The zero-order valence-corrected chi connectivity index (χ0v) is 14.0. The van der Waals surface area contributed by atoms with Gasteiger partial charge in [-0.05, 0) is 37.0 Å². The lowest BCUT2D eigenvalue weighted by molar-refractivity contribution is -0.121. The quantitative estimate of drug-likeness (QED) is 0.880. The molecule has 2 N–H and O–H groups in total. The van der Waals surface area contributed by atoms with Crippen molar-refractivity contribution < 1.29 is 9.59 Å². The van der Waals surface area contributed by atoms with Crippen LogP contribution in [0.1, 0.15) is 43.0 Å². The van der Waals surface area contributed by atoms with Gasteiger partial charge in [0, 0.05) is 11.6 Å². The Hall–Kier alpha value is -1.26. The Labute approximate surface area is 140 Å². The van der Waals surface area contributed by atoms with Crippen LogP contribution in [0.15, 0.2) is 18.2 Å². The summed E-state index contributed by atoms with van der Waals surface area (Å²) in [6.45, 7) is 2.11. The van der Waals surface area contributed by atoms with Crippen LogP contribution in [-0.4, -0.2) is 24.4 Å². The Morgan fingerprint density at radius 3 is 2.59 bits per heavy atom. The van der Waals surface area contributed by atoms with Crippen LogP contribution in [0.2, 0.25) is 10.0 Å². The second-order valence-electron chi connectivity index (χ2n) is 5.75. The van der Waals surface area contributed by atoms with Gasteiger partial charge in [-0.3, -0.25) is 9.59 Å². The van der Waals surface area contributed by atoms with Gasteiger partial charge in [-0.15, -0.1) is 0 Å². The zero-order chi connectivity index (χ0) is 16.1. The maximum absolute atomic E-state index is 12.0. The molecule has 4 nitrogen and oxygen atoms in total. The minimum atomic E-state index is -0.342. The van der Waals surface area contributed by atoms with E-state index < -0.39 is 0 Å². The largest absolute Gasteiger partial charge is 0.352 e. The van der Waals surface area contributed by atoms with Gasteiger partial charge >= 0.3 is 0 Å². The van der Waals surface area contributed by atoms with E-state index in [0.29, 0.717) is 21.5 Å². The number of amides is 2. The highest BCUT2D eigenvalue weighted by atomic mass is 35.5. The molecule has 1 aliphatic carbocycles. The first-order valence-corrected chi connectivity index (χ1v) is 8.25. The number of halogens is 2. The lowest BCUT2D eigenvalue weighted by Gasteiger charge is -2.29. The number of rotatable bonds is 4. The van der Waals surface area contributed by atoms with Crippen molar-refractivity contribution in [3.05, 3.63) is 33.8 Å². The Morgan fingerprint density at radius 2 is 1.91 bits per heavy atom. The Balaban J connectivity index is 1.82. The van der Waals surface area contributed by atoms with Crippen LogP contribution in [-0.2, 0) is 4.79 Å². The standard InChI is InChI=1S/C16H20Cl2N2O2/c1-10-4-2-3-5-14(10)20-15(21)9-19-16(22)11-6-7-12(17)13(18)8-11/h6-8,10,14H,2-5,9H2,1H3,(H,19,22)(H,20,21)/t10-,14-/m0/s1. The van der Waals surface area contributed by atoms with Crippen LogP contribution in [0.3, 0.4) is 0 Å². The normalized spacial score (nSPS) is 21.2. The molecule has 0 spiro atoms.